The fourth-order valence-corrected chi connectivity index (χ4v) is 3.26. The van der Waals surface area contributed by atoms with Crippen molar-refractivity contribution in [3.63, 3.8) is 0 Å². The van der Waals surface area contributed by atoms with Crippen LogP contribution in [0.2, 0.25) is 0 Å². The van der Waals surface area contributed by atoms with Gasteiger partial charge in [-0.25, -0.2) is 4.68 Å². The minimum absolute atomic E-state index is 0.0682. The predicted octanol–water partition coefficient (Wildman–Crippen LogP) is 2.50. The third-order valence-electron chi connectivity index (χ3n) is 4.79. The summed E-state index contributed by atoms with van der Waals surface area (Å²) in [5, 5.41) is 12.5. The highest BCUT2D eigenvalue weighted by Gasteiger charge is 2.24. The average Bonchev–Trinajstić information content (AvgIpc) is 2.95. The zero-order chi connectivity index (χ0) is 17.8. The molecule has 3 heterocycles. The average molecular weight is 343 g/mol. The second kappa shape index (κ2) is 7.63. The molecule has 1 aliphatic rings. The summed E-state index contributed by atoms with van der Waals surface area (Å²) in [6.07, 6.45) is 5.66. The lowest BCUT2D eigenvalue weighted by Crippen LogP contribution is -2.32. The minimum Gasteiger partial charge on any atom is -0.480 e. The highest BCUT2D eigenvalue weighted by Crippen LogP contribution is 2.21. The summed E-state index contributed by atoms with van der Waals surface area (Å²) in [6, 6.07) is 3.53. The van der Waals surface area contributed by atoms with Crippen LogP contribution in [0.15, 0.2) is 18.3 Å². The molecule has 7 heteroatoms. The summed E-state index contributed by atoms with van der Waals surface area (Å²) < 4.78 is 6.74. The molecule has 2 aromatic rings. The molecule has 0 spiro atoms. The Balaban J connectivity index is 1.87. The third-order valence-corrected chi connectivity index (χ3v) is 4.79. The molecular weight excluding hydrogens is 318 g/mol. The van der Waals surface area contributed by atoms with Crippen LogP contribution >= 0.6 is 0 Å². The van der Waals surface area contributed by atoms with Gasteiger partial charge in [0.1, 0.15) is 0 Å². The molecule has 134 valence electrons. The summed E-state index contributed by atoms with van der Waals surface area (Å²) in [5.41, 5.74) is 1.52. The molecule has 1 saturated heterocycles. The zero-order valence-corrected chi connectivity index (χ0v) is 15.1. The van der Waals surface area contributed by atoms with Crippen molar-refractivity contribution < 1.29 is 9.53 Å². The van der Waals surface area contributed by atoms with E-state index < -0.39 is 0 Å². The van der Waals surface area contributed by atoms with Gasteiger partial charge in [-0.05, 0) is 37.7 Å². The van der Waals surface area contributed by atoms with Gasteiger partial charge in [0.25, 0.3) is 5.91 Å². The Morgan fingerprint density at radius 1 is 1.28 bits per heavy atom. The SMILES string of the molecule is CCc1c(C(=O)N2CCC[C@H](C)CC2)cnn1-c1ccc(OC)nn1. The van der Waals surface area contributed by atoms with Crippen LogP contribution in [0, 0.1) is 5.92 Å². The Kier molecular flexibility index (Phi) is 5.31. The van der Waals surface area contributed by atoms with Crippen LogP contribution in [-0.2, 0) is 6.42 Å². The summed E-state index contributed by atoms with van der Waals surface area (Å²) in [5.74, 6) is 1.78. The number of rotatable bonds is 4. The number of amides is 1. The molecule has 25 heavy (non-hydrogen) atoms. The molecule has 0 saturated carbocycles. The van der Waals surface area contributed by atoms with Crippen LogP contribution in [-0.4, -0.2) is 51.0 Å². The van der Waals surface area contributed by atoms with Crippen molar-refractivity contribution in [2.45, 2.75) is 39.5 Å². The van der Waals surface area contributed by atoms with Gasteiger partial charge in [-0.15, -0.1) is 10.2 Å². The number of ether oxygens (including phenoxy) is 1. The van der Waals surface area contributed by atoms with Crippen LogP contribution in [0.25, 0.3) is 5.82 Å². The normalized spacial score (nSPS) is 18.0. The summed E-state index contributed by atoms with van der Waals surface area (Å²) in [7, 11) is 1.55. The standard InChI is InChI=1S/C18H25N5O2/c1-4-15-14(18(24)22-10-5-6-13(2)9-11-22)12-19-23(15)16-7-8-17(25-3)21-20-16/h7-8,12-13H,4-6,9-11H2,1-3H3/t13-/m0/s1. The first kappa shape index (κ1) is 17.4. The van der Waals surface area contributed by atoms with Gasteiger partial charge in [-0.2, -0.15) is 5.10 Å². The molecule has 0 aliphatic carbocycles. The molecule has 0 bridgehead atoms. The van der Waals surface area contributed by atoms with E-state index in [0.29, 0.717) is 29.6 Å². The van der Waals surface area contributed by atoms with Crippen LogP contribution in [0.4, 0.5) is 0 Å². The van der Waals surface area contributed by atoms with Crippen molar-refractivity contribution in [1.82, 2.24) is 24.9 Å². The van der Waals surface area contributed by atoms with Crippen molar-refractivity contribution in [2.24, 2.45) is 5.92 Å². The number of nitrogens with zero attached hydrogens (tertiary/aromatic N) is 5. The van der Waals surface area contributed by atoms with E-state index >= 15 is 0 Å². The number of carbonyl (C=O) groups is 1. The predicted molar refractivity (Wildman–Crippen MR) is 94.0 cm³/mol. The van der Waals surface area contributed by atoms with Gasteiger partial charge in [-0.3, -0.25) is 4.79 Å². The van der Waals surface area contributed by atoms with E-state index in [1.807, 2.05) is 11.8 Å². The number of methoxy groups -OCH3 is 1. The quantitative estimate of drug-likeness (QED) is 0.853. The second-order valence-corrected chi connectivity index (χ2v) is 6.53. The molecule has 1 amide bonds. The maximum atomic E-state index is 13.0. The lowest BCUT2D eigenvalue weighted by molar-refractivity contribution is 0.0759. The Labute approximate surface area is 148 Å². The first-order chi connectivity index (χ1) is 12.1. The first-order valence-corrected chi connectivity index (χ1v) is 8.88. The lowest BCUT2D eigenvalue weighted by atomic mass is 10.0. The van der Waals surface area contributed by atoms with Crippen LogP contribution in [0.3, 0.4) is 0 Å². The molecule has 0 unspecified atom stereocenters. The smallest absolute Gasteiger partial charge is 0.257 e. The molecule has 0 radical (unpaired) electrons. The molecule has 3 rings (SSSR count). The Morgan fingerprint density at radius 2 is 2.12 bits per heavy atom. The first-order valence-electron chi connectivity index (χ1n) is 8.88. The molecule has 7 nitrogen and oxygen atoms in total. The summed E-state index contributed by atoms with van der Waals surface area (Å²) in [6.45, 7) is 5.91. The van der Waals surface area contributed by atoms with E-state index in [9.17, 15) is 4.79 Å². The minimum atomic E-state index is 0.0682. The monoisotopic (exact) mass is 343 g/mol. The molecule has 2 aromatic heterocycles. The Hall–Kier alpha value is -2.44. The van der Waals surface area contributed by atoms with Crippen LogP contribution < -0.4 is 4.74 Å². The van der Waals surface area contributed by atoms with Crippen LogP contribution in [0.1, 0.15) is 49.2 Å². The van der Waals surface area contributed by atoms with E-state index in [2.05, 4.69) is 22.2 Å². The van der Waals surface area contributed by atoms with Gasteiger partial charge in [0.2, 0.25) is 5.88 Å². The van der Waals surface area contributed by atoms with E-state index in [1.54, 1.807) is 30.1 Å². The maximum Gasteiger partial charge on any atom is 0.257 e. The van der Waals surface area contributed by atoms with Gasteiger partial charge in [0, 0.05) is 19.2 Å². The maximum absolute atomic E-state index is 13.0. The Bertz CT molecular complexity index is 726. The zero-order valence-electron chi connectivity index (χ0n) is 15.1. The molecule has 1 fully saturated rings. The summed E-state index contributed by atoms with van der Waals surface area (Å²) >= 11 is 0. The molecule has 1 atom stereocenters. The number of hydrogen-bond acceptors (Lipinski definition) is 5. The highest BCUT2D eigenvalue weighted by molar-refractivity contribution is 5.95. The topological polar surface area (TPSA) is 73.1 Å². The lowest BCUT2D eigenvalue weighted by Gasteiger charge is -2.20. The van der Waals surface area contributed by atoms with Crippen molar-refractivity contribution in [3.05, 3.63) is 29.6 Å². The molecule has 0 N–H and O–H groups in total. The van der Waals surface area contributed by atoms with Crippen molar-refractivity contribution in [2.75, 3.05) is 20.2 Å². The number of carbonyl (C=O) groups excluding carboxylic acids is 1. The van der Waals surface area contributed by atoms with E-state index in [1.165, 1.54) is 6.42 Å². The molecule has 0 aromatic carbocycles. The third kappa shape index (κ3) is 3.65. The fraction of sp³-hybridized carbons (Fsp3) is 0.556. The van der Waals surface area contributed by atoms with E-state index in [0.717, 1.165) is 31.6 Å². The van der Waals surface area contributed by atoms with E-state index in [-0.39, 0.29) is 5.91 Å². The number of likely N-dealkylation sites (tertiary alicyclic amines) is 1. The molecular formula is C18H25N5O2. The number of hydrogen-bond donors (Lipinski definition) is 0. The van der Waals surface area contributed by atoms with Gasteiger partial charge in [0.05, 0.1) is 24.6 Å². The fourth-order valence-electron chi connectivity index (χ4n) is 3.26. The van der Waals surface area contributed by atoms with Gasteiger partial charge >= 0.3 is 0 Å². The van der Waals surface area contributed by atoms with Crippen molar-refractivity contribution in [1.29, 1.82) is 0 Å². The van der Waals surface area contributed by atoms with Gasteiger partial charge in [0.15, 0.2) is 5.82 Å². The van der Waals surface area contributed by atoms with E-state index in [4.69, 9.17) is 4.74 Å². The largest absolute Gasteiger partial charge is 0.480 e. The van der Waals surface area contributed by atoms with Crippen LogP contribution in [0.5, 0.6) is 5.88 Å². The van der Waals surface area contributed by atoms with Crippen molar-refractivity contribution >= 4 is 5.91 Å². The number of aromatic nitrogens is 4. The van der Waals surface area contributed by atoms with Gasteiger partial charge < -0.3 is 9.64 Å². The van der Waals surface area contributed by atoms with Crippen molar-refractivity contribution in [3.8, 4) is 11.7 Å². The highest BCUT2D eigenvalue weighted by atomic mass is 16.5. The second-order valence-electron chi connectivity index (χ2n) is 6.53. The van der Waals surface area contributed by atoms with Gasteiger partial charge in [-0.1, -0.05) is 13.8 Å². The molecule has 1 aliphatic heterocycles. The summed E-state index contributed by atoms with van der Waals surface area (Å²) in [4.78, 5) is 15.0. The Morgan fingerprint density at radius 3 is 2.80 bits per heavy atom.